The van der Waals surface area contributed by atoms with Crippen molar-refractivity contribution in [1.82, 2.24) is 4.57 Å². The Morgan fingerprint density at radius 1 is 0.400 bits per heavy atom. The maximum atomic E-state index is 6.89. The number of para-hydroxylation sites is 3. The van der Waals surface area contributed by atoms with Crippen LogP contribution in [0.25, 0.3) is 49.4 Å². The predicted octanol–water partition coefficient (Wildman–Crippen LogP) is 11.1. The van der Waals surface area contributed by atoms with Crippen LogP contribution in [0.1, 0.15) is 22.3 Å². The average Bonchev–Trinajstić information content (AvgIpc) is 3.66. The first kappa shape index (κ1) is 25.6. The number of nitrogens with zero attached hydrogens (tertiary/aromatic N) is 1. The molecule has 0 aliphatic carbocycles. The van der Waals surface area contributed by atoms with Gasteiger partial charge in [0.05, 0.1) is 16.4 Å². The van der Waals surface area contributed by atoms with E-state index in [9.17, 15) is 0 Å². The summed E-state index contributed by atoms with van der Waals surface area (Å²) < 4.78 is 9.31. The van der Waals surface area contributed by atoms with Crippen LogP contribution in [0.4, 0.5) is 0 Å². The largest absolute Gasteiger partial charge is 0.456 e. The number of hydrogen-bond donors (Lipinski definition) is 0. The third-order valence-corrected chi connectivity index (χ3v) is 9.33. The highest BCUT2D eigenvalue weighted by Gasteiger charge is 2.41. The molecule has 0 saturated carbocycles. The molecule has 7 aromatic carbocycles. The van der Waals surface area contributed by atoms with E-state index in [0.29, 0.717) is 0 Å². The van der Waals surface area contributed by atoms with Gasteiger partial charge in [-0.15, -0.1) is 0 Å². The van der Waals surface area contributed by atoms with Gasteiger partial charge in [-0.2, -0.15) is 0 Å². The van der Waals surface area contributed by atoms with Gasteiger partial charge in [-0.05, 0) is 47.0 Å². The minimum Gasteiger partial charge on any atom is -0.456 e. The highest BCUT2D eigenvalue weighted by Crippen LogP contribution is 2.50. The summed E-state index contributed by atoms with van der Waals surface area (Å²) in [5.74, 6) is 0. The van der Waals surface area contributed by atoms with Crippen molar-refractivity contribution in [2.24, 2.45) is 0 Å². The summed E-state index contributed by atoms with van der Waals surface area (Å²) in [5.41, 5.74) is 9.25. The van der Waals surface area contributed by atoms with Crippen LogP contribution in [0.5, 0.6) is 0 Å². The zero-order valence-corrected chi connectivity index (χ0v) is 24.6. The SMILES string of the molecule is c1ccc(C(c2ccccc2)(c2ccccc2)c2cc(-n3c4ccccc4c4ccccc43)cc3c2oc2ccccc23)cc1. The smallest absolute Gasteiger partial charge is 0.140 e. The van der Waals surface area contributed by atoms with Crippen molar-refractivity contribution in [3.63, 3.8) is 0 Å². The van der Waals surface area contributed by atoms with Gasteiger partial charge >= 0.3 is 0 Å². The van der Waals surface area contributed by atoms with E-state index in [1.807, 2.05) is 0 Å². The van der Waals surface area contributed by atoms with Crippen LogP contribution in [-0.2, 0) is 5.41 Å². The molecule has 2 aromatic heterocycles. The minimum atomic E-state index is -0.662. The molecule has 0 fully saturated rings. The fraction of sp³-hybridized carbons (Fsp3) is 0.0233. The second-order valence-corrected chi connectivity index (χ2v) is 11.7. The number of rotatable bonds is 5. The maximum absolute atomic E-state index is 6.89. The molecular weight excluding hydrogens is 546 g/mol. The van der Waals surface area contributed by atoms with Gasteiger partial charge in [-0.1, -0.05) is 146 Å². The second-order valence-electron chi connectivity index (χ2n) is 11.7. The molecule has 9 rings (SSSR count). The summed E-state index contributed by atoms with van der Waals surface area (Å²) in [6.45, 7) is 0. The van der Waals surface area contributed by atoms with E-state index in [2.05, 4.69) is 180 Å². The molecule has 0 aliphatic rings. The van der Waals surface area contributed by atoms with Crippen molar-refractivity contribution < 1.29 is 4.42 Å². The van der Waals surface area contributed by atoms with Gasteiger partial charge < -0.3 is 8.98 Å². The lowest BCUT2D eigenvalue weighted by atomic mass is 9.64. The quantitative estimate of drug-likeness (QED) is 0.187. The molecule has 9 aromatic rings. The Balaban J connectivity index is 1.52. The van der Waals surface area contributed by atoms with Crippen LogP contribution in [-0.4, -0.2) is 4.57 Å². The summed E-state index contributed by atoms with van der Waals surface area (Å²) in [7, 11) is 0. The topological polar surface area (TPSA) is 18.1 Å². The third kappa shape index (κ3) is 3.76. The Hall–Kier alpha value is -5.86. The van der Waals surface area contributed by atoms with Crippen molar-refractivity contribution in [1.29, 1.82) is 0 Å². The van der Waals surface area contributed by atoms with Crippen LogP contribution >= 0.6 is 0 Å². The monoisotopic (exact) mass is 575 g/mol. The molecule has 45 heavy (non-hydrogen) atoms. The lowest BCUT2D eigenvalue weighted by molar-refractivity contribution is 0.645. The summed E-state index contributed by atoms with van der Waals surface area (Å²) in [4.78, 5) is 0. The van der Waals surface area contributed by atoms with Crippen molar-refractivity contribution in [2.45, 2.75) is 5.41 Å². The van der Waals surface area contributed by atoms with E-state index in [-0.39, 0.29) is 0 Å². The normalized spacial score (nSPS) is 12.0. The fourth-order valence-corrected chi connectivity index (χ4v) is 7.45. The highest BCUT2D eigenvalue weighted by molar-refractivity contribution is 6.11. The van der Waals surface area contributed by atoms with E-state index < -0.39 is 5.41 Å². The van der Waals surface area contributed by atoms with E-state index in [4.69, 9.17) is 4.42 Å². The van der Waals surface area contributed by atoms with Crippen molar-refractivity contribution in [3.8, 4) is 5.69 Å². The molecule has 2 nitrogen and oxygen atoms in total. The molecule has 0 spiro atoms. The molecule has 0 N–H and O–H groups in total. The summed E-state index contributed by atoms with van der Waals surface area (Å²) in [6.07, 6.45) is 0. The summed E-state index contributed by atoms with van der Waals surface area (Å²) in [6, 6.07) is 63.2. The fourth-order valence-electron chi connectivity index (χ4n) is 7.45. The zero-order valence-electron chi connectivity index (χ0n) is 24.6. The Kier molecular flexibility index (Phi) is 5.76. The molecule has 2 heteroatoms. The second kappa shape index (κ2) is 10.1. The maximum Gasteiger partial charge on any atom is 0.140 e. The lowest BCUT2D eigenvalue weighted by Gasteiger charge is -2.37. The minimum absolute atomic E-state index is 0.662. The number of benzene rings is 7. The van der Waals surface area contributed by atoms with Crippen LogP contribution in [0.2, 0.25) is 0 Å². The van der Waals surface area contributed by atoms with Crippen LogP contribution in [0, 0.1) is 0 Å². The van der Waals surface area contributed by atoms with Crippen molar-refractivity contribution >= 4 is 43.7 Å². The van der Waals surface area contributed by atoms with Crippen molar-refractivity contribution in [3.05, 3.63) is 198 Å². The number of furan rings is 1. The predicted molar refractivity (Wildman–Crippen MR) is 186 cm³/mol. The van der Waals surface area contributed by atoms with Gasteiger partial charge in [0.1, 0.15) is 11.2 Å². The Bertz CT molecular complexity index is 2320. The van der Waals surface area contributed by atoms with Crippen LogP contribution in [0.15, 0.2) is 180 Å². The Morgan fingerprint density at radius 2 is 0.844 bits per heavy atom. The Morgan fingerprint density at radius 3 is 1.38 bits per heavy atom. The first-order valence-corrected chi connectivity index (χ1v) is 15.4. The van der Waals surface area contributed by atoms with Gasteiger partial charge in [0, 0.05) is 32.8 Å². The summed E-state index contributed by atoms with van der Waals surface area (Å²) >= 11 is 0. The van der Waals surface area contributed by atoms with E-state index >= 15 is 0 Å². The standard InChI is InChI=1S/C43H29NO/c1-4-16-30(17-5-1)43(31-18-6-2-7-19-31,32-20-8-3-9-21-32)38-29-33(28-37-36-24-12-15-27-41(36)45-42(37)38)44-39-25-13-10-22-34(39)35-23-11-14-26-40(35)44/h1-29H. The Labute approximate surface area is 261 Å². The van der Waals surface area contributed by atoms with Gasteiger partial charge in [-0.3, -0.25) is 0 Å². The lowest BCUT2D eigenvalue weighted by Crippen LogP contribution is -2.31. The highest BCUT2D eigenvalue weighted by atomic mass is 16.3. The number of aromatic nitrogens is 1. The van der Waals surface area contributed by atoms with E-state index in [1.54, 1.807) is 0 Å². The van der Waals surface area contributed by atoms with Gasteiger partial charge in [0.15, 0.2) is 0 Å². The molecule has 0 radical (unpaired) electrons. The van der Waals surface area contributed by atoms with Gasteiger partial charge in [-0.25, -0.2) is 0 Å². The molecule has 0 atom stereocenters. The molecule has 212 valence electrons. The van der Waals surface area contributed by atoms with Crippen LogP contribution < -0.4 is 0 Å². The van der Waals surface area contributed by atoms with Gasteiger partial charge in [0.2, 0.25) is 0 Å². The first-order valence-electron chi connectivity index (χ1n) is 15.4. The van der Waals surface area contributed by atoms with Gasteiger partial charge in [0.25, 0.3) is 0 Å². The molecule has 0 aliphatic heterocycles. The van der Waals surface area contributed by atoms with E-state index in [1.165, 1.54) is 38.5 Å². The first-order chi connectivity index (χ1) is 22.3. The summed E-state index contributed by atoms with van der Waals surface area (Å²) in [5, 5.41) is 4.70. The number of fused-ring (bicyclic) bond motifs is 6. The molecular formula is C43H29NO. The molecule has 0 bridgehead atoms. The molecule has 0 amide bonds. The average molecular weight is 576 g/mol. The molecule has 0 unspecified atom stereocenters. The van der Waals surface area contributed by atoms with Crippen molar-refractivity contribution in [2.75, 3.05) is 0 Å². The molecule has 0 saturated heterocycles. The van der Waals surface area contributed by atoms with Crippen LogP contribution in [0.3, 0.4) is 0 Å². The number of hydrogen-bond acceptors (Lipinski definition) is 1. The molecule has 2 heterocycles. The van der Waals surface area contributed by atoms with E-state index in [0.717, 1.165) is 33.2 Å². The zero-order chi connectivity index (χ0) is 29.8. The third-order valence-electron chi connectivity index (χ3n) is 9.33.